The Morgan fingerprint density at radius 1 is 1.38 bits per heavy atom. The minimum absolute atomic E-state index is 0.104. The summed E-state index contributed by atoms with van der Waals surface area (Å²) in [6, 6.07) is 8.28. The zero-order valence-corrected chi connectivity index (χ0v) is 15.0. The third-order valence-corrected chi connectivity index (χ3v) is 6.67. The fraction of sp³-hybridized carbons (Fsp3) is 0.312. The van der Waals surface area contributed by atoms with Gasteiger partial charge in [-0.1, -0.05) is 6.92 Å². The third kappa shape index (κ3) is 3.50. The van der Waals surface area contributed by atoms with Gasteiger partial charge >= 0.3 is 0 Å². The highest BCUT2D eigenvalue weighted by Crippen LogP contribution is 2.36. The number of benzene rings is 1. The van der Waals surface area contributed by atoms with Crippen molar-refractivity contribution in [2.45, 2.75) is 34.9 Å². The van der Waals surface area contributed by atoms with Crippen molar-refractivity contribution in [1.29, 1.82) is 0 Å². The van der Waals surface area contributed by atoms with Crippen LogP contribution in [-0.4, -0.2) is 30.9 Å². The van der Waals surface area contributed by atoms with Crippen LogP contribution < -0.4 is 5.32 Å². The van der Waals surface area contributed by atoms with Crippen molar-refractivity contribution in [3.05, 3.63) is 42.4 Å². The maximum atomic E-state index is 12.7. The molecular formula is C16H18N2O4S2. The molecule has 0 bridgehead atoms. The molecule has 0 saturated heterocycles. The van der Waals surface area contributed by atoms with Gasteiger partial charge in [-0.15, -0.1) is 11.8 Å². The number of nitrogens with one attached hydrogen (secondary N) is 1. The summed E-state index contributed by atoms with van der Waals surface area (Å²) in [6.45, 7) is 2.12. The molecular weight excluding hydrogens is 348 g/mol. The van der Waals surface area contributed by atoms with E-state index in [1.165, 1.54) is 23.7 Å². The lowest BCUT2D eigenvalue weighted by molar-refractivity contribution is -0.116. The summed E-state index contributed by atoms with van der Waals surface area (Å²) in [6.07, 6.45) is 1.91. The molecule has 1 aromatic carbocycles. The van der Waals surface area contributed by atoms with Gasteiger partial charge in [-0.2, -0.15) is 4.31 Å². The van der Waals surface area contributed by atoms with Crippen LogP contribution in [0.1, 0.15) is 19.1 Å². The number of fused-ring (bicyclic) bond motifs is 1. The van der Waals surface area contributed by atoms with E-state index < -0.39 is 10.0 Å². The van der Waals surface area contributed by atoms with E-state index in [4.69, 9.17) is 4.42 Å². The molecule has 6 nitrogen and oxygen atoms in total. The van der Waals surface area contributed by atoms with Crippen LogP contribution in [0.15, 0.2) is 50.8 Å². The van der Waals surface area contributed by atoms with Gasteiger partial charge in [0.25, 0.3) is 0 Å². The van der Waals surface area contributed by atoms with Crippen molar-refractivity contribution in [3.8, 4) is 0 Å². The first-order valence-electron chi connectivity index (χ1n) is 7.45. The molecule has 1 aromatic heterocycles. The van der Waals surface area contributed by atoms with Crippen LogP contribution in [0.25, 0.3) is 0 Å². The van der Waals surface area contributed by atoms with E-state index in [1.807, 2.05) is 6.92 Å². The highest BCUT2D eigenvalue weighted by Gasteiger charge is 2.25. The SMILES string of the molecule is C[C@H]1CC(=O)Nc2cc(S(=O)(=O)N(C)Cc3ccco3)ccc2S1. The van der Waals surface area contributed by atoms with Crippen LogP contribution in [-0.2, 0) is 21.4 Å². The van der Waals surface area contributed by atoms with Crippen molar-refractivity contribution in [3.63, 3.8) is 0 Å². The molecule has 2 aromatic rings. The monoisotopic (exact) mass is 366 g/mol. The zero-order valence-electron chi connectivity index (χ0n) is 13.4. The van der Waals surface area contributed by atoms with Crippen LogP contribution in [0, 0.1) is 0 Å². The van der Waals surface area contributed by atoms with Crippen molar-refractivity contribution >= 4 is 33.4 Å². The van der Waals surface area contributed by atoms with Gasteiger partial charge in [-0.25, -0.2) is 8.42 Å². The Morgan fingerprint density at radius 3 is 2.88 bits per heavy atom. The van der Waals surface area contributed by atoms with Crippen molar-refractivity contribution in [1.82, 2.24) is 4.31 Å². The molecule has 8 heteroatoms. The van der Waals surface area contributed by atoms with Crippen LogP contribution in [0.5, 0.6) is 0 Å². The van der Waals surface area contributed by atoms with E-state index in [1.54, 1.807) is 36.0 Å². The summed E-state index contributed by atoms with van der Waals surface area (Å²) in [5, 5.41) is 2.94. The number of nitrogens with zero attached hydrogens (tertiary/aromatic N) is 1. The predicted octanol–water partition coefficient (Wildman–Crippen LogP) is 2.92. The quantitative estimate of drug-likeness (QED) is 0.900. The van der Waals surface area contributed by atoms with Crippen LogP contribution in [0.2, 0.25) is 0 Å². The first-order chi connectivity index (χ1) is 11.4. The fourth-order valence-electron chi connectivity index (χ4n) is 2.48. The summed E-state index contributed by atoms with van der Waals surface area (Å²) in [5.74, 6) is 0.459. The maximum absolute atomic E-state index is 12.7. The Labute approximate surface area is 145 Å². The van der Waals surface area contributed by atoms with Gasteiger partial charge in [-0.3, -0.25) is 4.79 Å². The summed E-state index contributed by atoms with van der Waals surface area (Å²) in [7, 11) is -2.18. The predicted molar refractivity (Wildman–Crippen MR) is 92.4 cm³/mol. The first kappa shape index (κ1) is 17.1. The smallest absolute Gasteiger partial charge is 0.243 e. The molecule has 128 valence electrons. The Hall–Kier alpha value is -1.77. The fourth-order valence-corrected chi connectivity index (χ4v) is 4.69. The van der Waals surface area contributed by atoms with Crippen LogP contribution in [0.4, 0.5) is 5.69 Å². The van der Waals surface area contributed by atoms with Gasteiger partial charge in [0, 0.05) is 23.6 Å². The first-order valence-corrected chi connectivity index (χ1v) is 9.77. The van der Waals surface area contributed by atoms with Gasteiger partial charge in [0.15, 0.2) is 0 Å². The van der Waals surface area contributed by atoms with E-state index >= 15 is 0 Å². The van der Waals surface area contributed by atoms with Crippen molar-refractivity contribution in [2.24, 2.45) is 0 Å². The lowest BCUT2D eigenvalue weighted by atomic mass is 10.3. The molecule has 1 N–H and O–H groups in total. The molecule has 1 amide bonds. The van der Waals surface area contributed by atoms with Crippen molar-refractivity contribution in [2.75, 3.05) is 12.4 Å². The topological polar surface area (TPSA) is 79.6 Å². The summed E-state index contributed by atoms with van der Waals surface area (Å²) in [4.78, 5) is 12.9. The van der Waals surface area contributed by atoms with Crippen LogP contribution >= 0.6 is 11.8 Å². The molecule has 0 spiro atoms. The molecule has 0 fully saturated rings. The van der Waals surface area contributed by atoms with Gasteiger partial charge in [0.05, 0.1) is 23.4 Å². The molecule has 0 unspecified atom stereocenters. The summed E-state index contributed by atoms with van der Waals surface area (Å²) >= 11 is 1.56. The Bertz CT molecular complexity index is 847. The highest BCUT2D eigenvalue weighted by molar-refractivity contribution is 8.00. The van der Waals surface area contributed by atoms with E-state index in [2.05, 4.69) is 5.32 Å². The minimum atomic E-state index is -3.68. The number of anilines is 1. The zero-order chi connectivity index (χ0) is 17.3. The Morgan fingerprint density at radius 2 is 2.17 bits per heavy atom. The van der Waals surface area contributed by atoms with E-state index in [9.17, 15) is 13.2 Å². The lowest BCUT2D eigenvalue weighted by Crippen LogP contribution is -2.26. The normalized spacial score (nSPS) is 18.1. The Balaban J connectivity index is 1.90. The van der Waals surface area contributed by atoms with Crippen molar-refractivity contribution < 1.29 is 17.6 Å². The highest BCUT2D eigenvalue weighted by atomic mass is 32.2. The second-order valence-electron chi connectivity index (χ2n) is 5.68. The van der Waals surface area contributed by atoms with Gasteiger partial charge in [-0.05, 0) is 30.3 Å². The second kappa shape index (κ2) is 6.62. The number of hydrogen-bond donors (Lipinski definition) is 1. The Kier molecular flexibility index (Phi) is 4.71. The molecule has 1 aliphatic rings. The molecule has 3 rings (SSSR count). The van der Waals surface area contributed by atoms with E-state index in [0.29, 0.717) is 17.9 Å². The minimum Gasteiger partial charge on any atom is -0.468 e. The number of thioether (sulfide) groups is 1. The van der Waals surface area contributed by atoms with E-state index in [0.717, 1.165) is 4.90 Å². The van der Waals surface area contributed by atoms with Gasteiger partial charge in [0.1, 0.15) is 5.76 Å². The van der Waals surface area contributed by atoms with E-state index in [-0.39, 0.29) is 22.6 Å². The maximum Gasteiger partial charge on any atom is 0.243 e. The number of sulfonamides is 1. The number of carbonyl (C=O) groups is 1. The largest absolute Gasteiger partial charge is 0.468 e. The molecule has 0 saturated carbocycles. The average Bonchev–Trinajstić information content (AvgIpc) is 2.96. The number of rotatable bonds is 4. The number of amides is 1. The lowest BCUT2D eigenvalue weighted by Gasteiger charge is -2.17. The molecule has 1 aliphatic heterocycles. The summed E-state index contributed by atoms with van der Waals surface area (Å²) in [5.41, 5.74) is 0.543. The van der Waals surface area contributed by atoms with Crippen LogP contribution in [0.3, 0.4) is 0 Å². The number of furan rings is 1. The second-order valence-corrected chi connectivity index (χ2v) is 9.20. The third-order valence-electron chi connectivity index (χ3n) is 3.69. The van der Waals surface area contributed by atoms with Gasteiger partial charge in [0.2, 0.25) is 15.9 Å². The number of hydrogen-bond acceptors (Lipinski definition) is 5. The molecule has 2 heterocycles. The average molecular weight is 366 g/mol. The standard InChI is InChI=1S/C16H18N2O4S2/c1-11-8-16(19)17-14-9-13(5-6-15(14)23-11)24(20,21)18(2)10-12-4-3-7-22-12/h3-7,9,11H,8,10H2,1-2H3,(H,17,19)/t11-/m0/s1. The number of carbonyl (C=O) groups excluding carboxylic acids is 1. The summed E-state index contributed by atoms with van der Waals surface area (Å²) < 4.78 is 31.9. The molecule has 0 aliphatic carbocycles. The molecule has 0 radical (unpaired) electrons. The van der Waals surface area contributed by atoms with Gasteiger partial charge < -0.3 is 9.73 Å². The molecule has 24 heavy (non-hydrogen) atoms. The molecule has 1 atom stereocenters.